The molecular formula is C20H20O4. The molecule has 124 valence electrons. The van der Waals surface area contributed by atoms with Crippen LogP contribution in [0.25, 0.3) is 0 Å². The van der Waals surface area contributed by atoms with E-state index in [0.717, 1.165) is 22.6 Å². The molecule has 0 fully saturated rings. The second kappa shape index (κ2) is 6.79. The topological polar surface area (TPSA) is 44.8 Å². The molecule has 4 nitrogen and oxygen atoms in total. The van der Waals surface area contributed by atoms with Gasteiger partial charge in [0.15, 0.2) is 0 Å². The van der Waals surface area contributed by atoms with Crippen molar-refractivity contribution in [2.24, 2.45) is 0 Å². The number of esters is 1. The molecule has 0 unspecified atom stereocenters. The normalized spacial score (nSPS) is 16.2. The minimum Gasteiger partial charge on any atom is -0.497 e. The summed E-state index contributed by atoms with van der Waals surface area (Å²) in [6.07, 6.45) is 0. The van der Waals surface area contributed by atoms with Crippen LogP contribution in [0.15, 0.2) is 59.9 Å². The van der Waals surface area contributed by atoms with Crippen LogP contribution in [-0.2, 0) is 9.53 Å². The summed E-state index contributed by atoms with van der Waals surface area (Å²) in [4.78, 5) is 12.5. The highest BCUT2D eigenvalue weighted by Crippen LogP contribution is 2.43. The largest absolute Gasteiger partial charge is 0.497 e. The molecule has 0 aromatic heterocycles. The van der Waals surface area contributed by atoms with E-state index >= 15 is 0 Å². The number of benzene rings is 2. The van der Waals surface area contributed by atoms with Crippen LogP contribution in [0.1, 0.15) is 30.9 Å². The first-order valence-corrected chi connectivity index (χ1v) is 7.94. The lowest BCUT2D eigenvalue weighted by Gasteiger charge is -2.29. The lowest BCUT2D eigenvalue weighted by Crippen LogP contribution is -2.23. The Hall–Kier alpha value is -2.75. The van der Waals surface area contributed by atoms with Gasteiger partial charge in [-0.3, -0.25) is 0 Å². The zero-order valence-corrected chi connectivity index (χ0v) is 14.0. The van der Waals surface area contributed by atoms with Gasteiger partial charge in [0.25, 0.3) is 0 Å². The van der Waals surface area contributed by atoms with Crippen LogP contribution in [0.5, 0.6) is 11.5 Å². The van der Waals surface area contributed by atoms with Crippen LogP contribution in [0.2, 0.25) is 0 Å². The van der Waals surface area contributed by atoms with E-state index in [2.05, 4.69) is 0 Å². The monoisotopic (exact) mass is 324 g/mol. The predicted molar refractivity (Wildman–Crippen MR) is 91.2 cm³/mol. The molecule has 0 saturated carbocycles. The predicted octanol–water partition coefficient (Wildman–Crippen LogP) is 4.06. The maximum atomic E-state index is 12.5. The van der Waals surface area contributed by atoms with Crippen molar-refractivity contribution >= 4 is 5.97 Å². The summed E-state index contributed by atoms with van der Waals surface area (Å²) in [7, 11) is 1.63. The number of hydrogen-bond acceptors (Lipinski definition) is 4. The Morgan fingerprint density at radius 2 is 1.83 bits per heavy atom. The Morgan fingerprint density at radius 1 is 1.12 bits per heavy atom. The number of carbonyl (C=O) groups is 1. The summed E-state index contributed by atoms with van der Waals surface area (Å²) < 4.78 is 16.4. The molecule has 0 saturated heterocycles. The lowest BCUT2D eigenvalue weighted by molar-refractivity contribution is -0.139. The molecule has 1 aliphatic rings. The van der Waals surface area contributed by atoms with Gasteiger partial charge < -0.3 is 14.2 Å². The third kappa shape index (κ3) is 2.87. The maximum Gasteiger partial charge on any atom is 0.338 e. The van der Waals surface area contributed by atoms with Crippen LogP contribution >= 0.6 is 0 Å². The first-order chi connectivity index (χ1) is 11.7. The van der Waals surface area contributed by atoms with E-state index in [9.17, 15) is 4.79 Å². The quantitative estimate of drug-likeness (QED) is 0.796. The van der Waals surface area contributed by atoms with Crippen molar-refractivity contribution in [3.05, 3.63) is 71.0 Å². The summed E-state index contributed by atoms with van der Waals surface area (Å²) in [5, 5.41) is 0. The molecular weight excluding hydrogens is 304 g/mol. The molecule has 1 aliphatic heterocycles. The number of rotatable bonds is 4. The molecule has 1 heterocycles. The smallest absolute Gasteiger partial charge is 0.338 e. The number of methoxy groups -OCH3 is 1. The summed E-state index contributed by atoms with van der Waals surface area (Å²) in [6, 6.07) is 15.5. The number of carbonyl (C=O) groups excluding carboxylic acids is 1. The van der Waals surface area contributed by atoms with E-state index in [0.29, 0.717) is 17.9 Å². The Kier molecular flexibility index (Phi) is 4.56. The van der Waals surface area contributed by atoms with E-state index in [4.69, 9.17) is 14.2 Å². The van der Waals surface area contributed by atoms with E-state index in [1.54, 1.807) is 21.0 Å². The minimum absolute atomic E-state index is 0.222. The molecule has 0 spiro atoms. The van der Waals surface area contributed by atoms with Crippen molar-refractivity contribution < 1.29 is 19.0 Å². The zero-order chi connectivity index (χ0) is 17.1. The van der Waals surface area contributed by atoms with Gasteiger partial charge >= 0.3 is 5.97 Å². The number of hydrogen-bond donors (Lipinski definition) is 0. The third-order valence-electron chi connectivity index (χ3n) is 4.11. The van der Waals surface area contributed by atoms with E-state index < -0.39 is 0 Å². The van der Waals surface area contributed by atoms with Crippen molar-refractivity contribution in [1.82, 2.24) is 0 Å². The molecule has 0 N–H and O–H groups in total. The minimum atomic E-state index is -0.342. The van der Waals surface area contributed by atoms with E-state index in [1.165, 1.54) is 0 Å². The van der Waals surface area contributed by atoms with E-state index in [1.807, 2.05) is 48.5 Å². The van der Waals surface area contributed by atoms with Crippen LogP contribution < -0.4 is 9.47 Å². The highest BCUT2D eigenvalue weighted by Gasteiger charge is 2.34. The SMILES string of the molecule is CCOC(=O)C1=C(C)Oc2ccccc2[C@H]1c1ccc(OC)cc1. The lowest BCUT2D eigenvalue weighted by atomic mass is 9.82. The fraction of sp³-hybridized carbons (Fsp3) is 0.250. The van der Waals surface area contributed by atoms with E-state index in [-0.39, 0.29) is 11.9 Å². The second-order valence-corrected chi connectivity index (χ2v) is 5.54. The Balaban J connectivity index is 2.13. The van der Waals surface area contributed by atoms with Gasteiger partial charge in [0.05, 0.1) is 19.3 Å². The van der Waals surface area contributed by atoms with Gasteiger partial charge in [-0.2, -0.15) is 0 Å². The number of ether oxygens (including phenoxy) is 3. The molecule has 0 aliphatic carbocycles. The first-order valence-electron chi connectivity index (χ1n) is 7.94. The van der Waals surface area contributed by atoms with Crippen LogP contribution in [-0.4, -0.2) is 19.7 Å². The molecule has 4 heteroatoms. The third-order valence-corrected chi connectivity index (χ3v) is 4.11. The van der Waals surface area contributed by atoms with Gasteiger partial charge in [-0.15, -0.1) is 0 Å². The first kappa shape index (κ1) is 16.1. The highest BCUT2D eigenvalue weighted by atomic mass is 16.5. The summed E-state index contributed by atoms with van der Waals surface area (Å²) in [5.74, 6) is 1.56. The number of fused-ring (bicyclic) bond motifs is 1. The Labute approximate surface area is 141 Å². The summed E-state index contributed by atoms with van der Waals surface area (Å²) in [5.41, 5.74) is 2.49. The maximum absolute atomic E-state index is 12.5. The van der Waals surface area contributed by atoms with Crippen molar-refractivity contribution in [2.45, 2.75) is 19.8 Å². The van der Waals surface area contributed by atoms with Crippen LogP contribution in [0.4, 0.5) is 0 Å². The average molecular weight is 324 g/mol. The molecule has 0 bridgehead atoms. The number of para-hydroxylation sites is 1. The average Bonchev–Trinajstić information content (AvgIpc) is 2.60. The summed E-state index contributed by atoms with van der Waals surface area (Å²) in [6.45, 7) is 3.93. The van der Waals surface area contributed by atoms with Crippen molar-refractivity contribution in [3.8, 4) is 11.5 Å². The van der Waals surface area contributed by atoms with Gasteiger partial charge in [0.2, 0.25) is 0 Å². The van der Waals surface area contributed by atoms with Crippen LogP contribution in [0, 0.1) is 0 Å². The van der Waals surface area contributed by atoms with Gasteiger partial charge in [0, 0.05) is 11.5 Å². The van der Waals surface area contributed by atoms with Crippen molar-refractivity contribution in [1.29, 1.82) is 0 Å². The molecule has 1 atom stereocenters. The molecule has 0 radical (unpaired) electrons. The fourth-order valence-corrected chi connectivity index (χ4v) is 3.00. The molecule has 0 amide bonds. The van der Waals surface area contributed by atoms with Gasteiger partial charge in [-0.05, 0) is 37.6 Å². The Morgan fingerprint density at radius 3 is 2.50 bits per heavy atom. The number of allylic oxidation sites excluding steroid dienone is 1. The van der Waals surface area contributed by atoms with Gasteiger partial charge in [0.1, 0.15) is 17.3 Å². The second-order valence-electron chi connectivity index (χ2n) is 5.54. The molecule has 3 rings (SSSR count). The highest BCUT2D eigenvalue weighted by molar-refractivity contribution is 5.92. The van der Waals surface area contributed by atoms with Crippen LogP contribution in [0.3, 0.4) is 0 Å². The molecule has 2 aromatic rings. The molecule has 2 aromatic carbocycles. The Bertz CT molecular complexity index is 774. The van der Waals surface area contributed by atoms with Crippen molar-refractivity contribution in [2.75, 3.05) is 13.7 Å². The van der Waals surface area contributed by atoms with Crippen molar-refractivity contribution in [3.63, 3.8) is 0 Å². The summed E-state index contributed by atoms with van der Waals surface area (Å²) >= 11 is 0. The van der Waals surface area contributed by atoms with Gasteiger partial charge in [-0.1, -0.05) is 30.3 Å². The standard InChI is InChI=1S/C20H20O4/c1-4-23-20(21)18-13(2)24-17-8-6-5-7-16(17)19(18)14-9-11-15(22-3)12-10-14/h5-12,19H,4H2,1-3H3/t19-/m1/s1. The molecule has 24 heavy (non-hydrogen) atoms. The fourth-order valence-electron chi connectivity index (χ4n) is 3.00. The van der Waals surface area contributed by atoms with Gasteiger partial charge in [-0.25, -0.2) is 4.79 Å². The zero-order valence-electron chi connectivity index (χ0n) is 14.0.